The van der Waals surface area contributed by atoms with Crippen LogP contribution in [0.2, 0.25) is 5.02 Å². The van der Waals surface area contributed by atoms with Crippen molar-refractivity contribution in [1.82, 2.24) is 20.2 Å². The maximum atomic E-state index is 13.7. The molecule has 0 bridgehead atoms. The fourth-order valence-corrected chi connectivity index (χ4v) is 4.93. The highest BCUT2D eigenvalue weighted by Gasteiger charge is 2.38. The van der Waals surface area contributed by atoms with E-state index in [0.29, 0.717) is 12.1 Å². The standard InChI is InChI=1S/C27H22ClF6N5O4/c28-19-4-2-1-3-18(19)23(41)21-20(5-8-40)36-43-24(21)22-25(38-6-9-42-10-7-38)39(37-35-22)14-15-11-16(26(29,30)31)13-17(12-15)27(32,33)34/h1-4,11-13,40H,5-10,14H2. The lowest BCUT2D eigenvalue weighted by atomic mass is 9.98. The van der Waals surface area contributed by atoms with E-state index in [1.54, 1.807) is 17.0 Å². The van der Waals surface area contributed by atoms with E-state index in [4.69, 9.17) is 20.9 Å². The monoisotopic (exact) mass is 629 g/mol. The molecule has 0 amide bonds. The summed E-state index contributed by atoms with van der Waals surface area (Å²) in [5, 5.41) is 21.8. The van der Waals surface area contributed by atoms with Gasteiger partial charge in [0, 0.05) is 31.7 Å². The smallest absolute Gasteiger partial charge is 0.396 e. The molecule has 9 nitrogen and oxygen atoms in total. The lowest BCUT2D eigenvalue weighted by molar-refractivity contribution is -0.143. The molecule has 228 valence electrons. The highest BCUT2D eigenvalue weighted by atomic mass is 35.5. The summed E-state index contributed by atoms with van der Waals surface area (Å²) < 4.78 is 93.2. The zero-order chi connectivity index (χ0) is 30.9. The normalized spacial score (nSPS) is 14.4. The van der Waals surface area contributed by atoms with Gasteiger partial charge < -0.3 is 19.3 Å². The van der Waals surface area contributed by atoms with Gasteiger partial charge in [0.15, 0.2) is 17.3 Å². The Balaban J connectivity index is 1.66. The minimum Gasteiger partial charge on any atom is -0.396 e. The molecule has 0 radical (unpaired) electrons. The van der Waals surface area contributed by atoms with Gasteiger partial charge in [0.1, 0.15) is 0 Å². The number of carbonyl (C=O) groups is 1. The van der Waals surface area contributed by atoms with Crippen LogP contribution >= 0.6 is 11.6 Å². The molecule has 1 saturated heterocycles. The molecule has 16 heteroatoms. The van der Waals surface area contributed by atoms with Gasteiger partial charge in [-0.3, -0.25) is 4.79 Å². The molecule has 0 spiro atoms. The summed E-state index contributed by atoms with van der Waals surface area (Å²) in [5.41, 5.74) is -3.17. The third-order valence-electron chi connectivity index (χ3n) is 6.67. The Morgan fingerprint density at radius 1 is 1.00 bits per heavy atom. The van der Waals surface area contributed by atoms with Crippen molar-refractivity contribution in [3.8, 4) is 11.5 Å². The first kappa shape index (κ1) is 30.5. The van der Waals surface area contributed by atoms with Gasteiger partial charge in [-0.15, -0.1) is 5.10 Å². The molecule has 5 rings (SSSR count). The largest absolute Gasteiger partial charge is 0.416 e. The van der Waals surface area contributed by atoms with Crippen molar-refractivity contribution in [2.24, 2.45) is 0 Å². The molecule has 0 saturated carbocycles. The second-order valence-corrected chi connectivity index (χ2v) is 9.96. The summed E-state index contributed by atoms with van der Waals surface area (Å²) in [5.74, 6) is -0.587. The summed E-state index contributed by atoms with van der Waals surface area (Å²) in [6, 6.07) is 7.48. The third-order valence-corrected chi connectivity index (χ3v) is 7.00. The molecule has 0 atom stereocenters. The van der Waals surface area contributed by atoms with Crippen molar-refractivity contribution in [2.75, 3.05) is 37.8 Å². The van der Waals surface area contributed by atoms with Crippen LogP contribution in [0.25, 0.3) is 11.5 Å². The van der Waals surface area contributed by atoms with Gasteiger partial charge in [-0.25, -0.2) is 4.68 Å². The molecule has 1 fully saturated rings. The van der Waals surface area contributed by atoms with Gasteiger partial charge in [-0.05, 0) is 35.9 Å². The Labute approximate surface area is 244 Å². The number of aliphatic hydroxyl groups is 1. The number of aliphatic hydroxyl groups excluding tert-OH is 1. The molecular weight excluding hydrogens is 608 g/mol. The summed E-state index contributed by atoms with van der Waals surface area (Å²) in [7, 11) is 0. The van der Waals surface area contributed by atoms with Crippen LogP contribution < -0.4 is 4.90 Å². The Morgan fingerprint density at radius 3 is 2.26 bits per heavy atom. The average molecular weight is 630 g/mol. The van der Waals surface area contributed by atoms with Crippen LogP contribution in [0.15, 0.2) is 47.0 Å². The van der Waals surface area contributed by atoms with Crippen molar-refractivity contribution < 1.29 is 45.5 Å². The summed E-state index contributed by atoms with van der Waals surface area (Å²) in [6.07, 6.45) is -10.1. The SMILES string of the molecule is O=C(c1ccccc1Cl)c1c(CCO)noc1-c1nnn(Cc2cc(C(F)(F)F)cc(C(F)(F)F)c2)c1N1CCOCC1. The predicted molar refractivity (Wildman–Crippen MR) is 140 cm³/mol. The van der Waals surface area contributed by atoms with Crippen LogP contribution in [0.4, 0.5) is 32.2 Å². The van der Waals surface area contributed by atoms with Crippen molar-refractivity contribution in [3.05, 3.63) is 81.0 Å². The van der Waals surface area contributed by atoms with Crippen LogP contribution in [-0.4, -0.2) is 64.0 Å². The van der Waals surface area contributed by atoms with E-state index in [1.165, 1.54) is 12.1 Å². The van der Waals surface area contributed by atoms with Gasteiger partial charge in [0.2, 0.25) is 5.76 Å². The molecule has 3 heterocycles. The molecule has 1 aliphatic rings. The number of benzene rings is 2. The van der Waals surface area contributed by atoms with E-state index in [2.05, 4.69) is 15.5 Å². The molecule has 0 aliphatic carbocycles. The fraction of sp³-hybridized carbons (Fsp3) is 0.333. The topological polar surface area (TPSA) is 107 Å². The second-order valence-electron chi connectivity index (χ2n) is 9.55. The average Bonchev–Trinajstić information content (AvgIpc) is 3.56. The van der Waals surface area contributed by atoms with Crippen LogP contribution in [0.5, 0.6) is 0 Å². The van der Waals surface area contributed by atoms with Crippen LogP contribution in [-0.2, 0) is 30.1 Å². The van der Waals surface area contributed by atoms with E-state index >= 15 is 0 Å². The number of ketones is 1. The van der Waals surface area contributed by atoms with E-state index in [0.717, 1.165) is 4.68 Å². The van der Waals surface area contributed by atoms with Crippen LogP contribution in [0.3, 0.4) is 0 Å². The lowest BCUT2D eigenvalue weighted by Crippen LogP contribution is -2.38. The van der Waals surface area contributed by atoms with Crippen molar-refractivity contribution in [2.45, 2.75) is 25.3 Å². The zero-order valence-corrected chi connectivity index (χ0v) is 22.8. The first-order valence-electron chi connectivity index (χ1n) is 12.8. The summed E-state index contributed by atoms with van der Waals surface area (Å²) in [4.78, 5) is 15.4. The summed E-state index contributed by atoms with van der Waals surface area (Å²) >= 11 is 6.27. The molecular formula is C27H22ClF6N5O4. The number of nitrogens with zero attached hydrogens (tertiary/aromatic N) is 5. The molecule has 1 N–H and O–H groups in total. The molecule has 43 heavy (non-hydrogen) atoms. The van der Waals surface area contributed by atoms with Crippen molar-refractivity contribution in [3.63, 3.8) is 0 Å². The van der Waals surface area contributed by atoms with Gasteiger partial charge >= 0.3 is 12.4 Å². The van der Waals surface area contributed by atoms with Gasteiger partial charge in [-0.2, -0.15) is 26.3 Å². The minimum absolute atomic E-state index is 0.0305. The van der Waals surface area contributed by atoms with Gasteiger partial charge in [0.25, 0.3) is 0 Å². The second kappa shape index (κ2) is 12.0. The molecule has 4 aromatic rings. The van der Waals surface area contributed by atoms with E-state index < -0.39 is 35.8 Å². The number of halogens is 7. The van der Waals surface area contributed by atoms with E-state index in [-0.39, 0.29) is 90.1 Å². The van der Waals surface area contributed by atoms with Crippen LogP contribution in [0, 0.1) is 0 Å². The Hall–Kier alpha value is -3.95. The number of carbonyl (C=O) groups excluding carboxylic acids is 1. The number of alkyl halides is 6. The maximum Gasteiger partial charge on any atom is 0.416 e. The number of hydrogen-bond acceptors (Lipinski definition) is 8. The Bertz CT molecular complexity index is 1600. The van der Waals surface area contributed by atoms with Crippen LogP contribution in [0.1, 0.15) is 38.3 Å². The first-order valence-corrected chi connectivity index (χ1v) is 13.2. The minimum atomic E-state index is -5.03. The Morgan fingerprint density at radius 2 is 1.65 bits per heavy atom. The number of morpholine rings is 1. The third kappa shape index (κ3) is 6.38. The summed E-state index contributed by atoms with van der Waals surface area (Å²) in [6.45, 7) is 0.130. The highest BCUT2D eigenvalue weighted by molar-refractivity contribution is 6.35. The van der Waals surface area contributed by atoms with Gasteiger partial charge in [0.05, 0.1) is 47.2 Å². The molecule has 0 unspecified atom stereocenters. The van der Waals surface area contributed by atoms with E-state index in [9.17, 15) is 36.2 Å². The van der Waals surface area contributed by atoms with Crippen molar-refractivity contribution >= 4 is 23.2 Å². The van der Waals surface area contributed by atoms with E-state index in [1.807, 2.05) is 0 Å². The fourth-order valence-electron chi connectivity index (χ4n) is 4.71. The number of ether oxygens (including phenoxy) is 1. The number of anilines is 1. The number of rotatable bonds is 8. The Kier molecular flexibility index (Phi) is 8.49. The quantitative estimate of drug-likeness (QED) is 0.208. The molecule has 2 aromatic heterocycles. The van der Waals surface area contributed by atoms with Gasteiger partial charge in [-0.1, -0.05) is 34.1 Å². The lowest BCUT2D eigenvalue weighted by Gasteiger charge is -2.29. The zero-order valence-electron chi connectivity index (χ0n) is 22.0. The number of aromatic nitrogens is 4. The predicted octanol–water partition coefficient (Wildman–Crippen LogP) is 5.27. The number of hydrogen-bond donors (Lipinski definition) is 1. The molecule has 1 aliphatic heterocycles. The first-order chi connectivity index (χ1) is 20.4. The highest BCUT2D eigenvalue weighted by Crippen LogP contribution is 2.38. The maximum absolute atomic E-state index is 13.7. The van der Waals surface area contributed by atoms with Crippen molar-refractivity contribution in [1.29, 1.82) is 0 Å². The molecule has 2 aromatic carbocycles.